The number of aromatic nitrogens is 2. The molecule has 3 nitrogen and oxygen atoms in total. The first-order valence-electron chi connectivity index (χ1n) is 10.1. The minimum atomic E-state index is 0.760. The quantitative estimate of drug-likeness (QED) is 0.612. The minimum absolute atomic E-state index is 0.760. The summed E-state index contributed by atoms with van der Waals surface area (Å²) in [6.45, 7) is 10.3. The normalized spacial score (nSPS) is 14.6. The van der Waals surface area contributed by atoms with Crippen molar-refractivity contribution in [3.05, 3.63) is 78.8 Å². The van der Waals surface area contributed by atoms with E-state index >= 15 is 0 Å². The molecule has 0 bridgehead atoms. The maximum absolute atomic E-state index is 4.25. The van der Waals surface area contributed by atoms with E-state index in [1.807, 2.05) is 70.0 Å². The Kier molecular flexibility index (Phi) is 11.5. The number of benzene rings is 2. The lowest BCUT2D eigenvalue weighted by Gasteiger charge is -2.06. The van der Waals surface area contributed by atoms with E-state index in [1.165, 1.54) is 18.5 Å². The standard InChI is InChI=1S/C10H10N2.C10H13N.2C2H6/c1-12-7-10(11-8-12)9-5-3-2-4-6-9;1-2-4-9(5-3-1)10-6-7-11-8-10;2*1-2/h2-8H,1H3;1-5,10-11H,6-8H2;2*1-2H3. The van der Waals surface area contributed by atoms with E-state index in [4.69, 9.17) is 0 Å². The molecule has 27 heavy (non-hydrogen) atoms. The molecule has 0 saturated carbocycles. The highest BCUT2D eigenvalue weighted by molar-refractivity contribution is 5.57. The van der Waals surface area contributed by atoms with Gasteiger partial charge in [-0.1, -0.05) is 88.4 Å². The molecule has 2 heterocycles. The van der Waals surface area contributed by atoms with Crippen molar-refractivity contribution in [2.24, 2.45) is 7.05 Å². The van der Waals surface area contributed by atoms with Crippen LogP contribution < -0.4 is 5.32 Å². The fourth-order valence-electron chi connectivity index (χ4n) is 2.84. The first-order chi connectivity index (χ1) is 13.3. The Morgan fingerprint density at radius 2 is 1.48 bits per heavy atom. The average Bonchev–Trinajstić information content (AvgIpc) is 3.45. The third kappa shape index (κ3) is 7.79. The highest BCUT2D eigenvalue weighted by Gasteiger charge is 2.15. The number of nitrogens with zero attached hydrogens (tertiary/aromatic N) is 2. The molecule has 1 saturated heterocycles. The van der Waals surface area contributed by atoms with Crippen LogP contribution in [0, 0.1) is 0 Å². The molecule has 1 fully saturated rings. The fourth-order valence-corrected chi connectivity index (χ4v) is 2.84. The molecular weight excluding hydrogens is 330 g/mol. The highest BCUT2D eigenvalue weighted by atomic mass is 15.0. The van der Waals surface area contributed by atoms with Crippen molar-refractivity contribution < 1.29 is 0 Å². The molecule has 146 valence electrons. The van der Waals surface area contributed by atoms with Gasteiger partial charge in [0.1, 0.15) is 0 Å². The van der Waals surface area contributed by atoms with Crippen LogP contribution >= 0.6 is 0 Å². The maximum Gasteiger partial charge on any atom is 0.0951 e. The van der Waals surface area contributed by atoms with Crippen LogP contribution in [-0.2, 0) is 7.05 Å². The summed E-state index contributed by atoms with van der Waals surface area (Å²) in [6.07, 6.45) is 5.11. The van der Waals surface area contributed by atoms with Crippen molar-refractivity contribution in [3.63, 3.8) is 0 Å². The molecule has 1 aromatic heterocycles. The van der Waals surface area contributed by atoms with Crippen LogP contribution in [0.15, 0.2) is 73.2 Å². The van der Waals surface area contributed by atoms with Crippen molar-refractivity contribution in [1.29, 1.82) is 0 Å². The van der Waals surface area contributed by atoms with Crippen molar-refractivity contribution in [2.75, 3.05) is 13.1 Å². The zero-order valence-corrected chi connectivity index (χ0v) is 17.5. The van der Waals surface area contributed by atoms with Crippen molar-refractivity contribution >= 4 is 0 Å². The van der Waals surface area contributed by atoms with Crippen LogP contribution in [0.25, 0.3) is 11.3 Å². The van der Waals surface area contributed by atoms with Gasteiger partial charge < -0.3 is 9.88 Å². The van der Waals surface area contributed by atoms with Crippen LogP contribution in [0.1, 0.15) is 45.6 Å². The van der Waals surface area contributed by atoms with E-state index in [0.29, 0.717) is 0 Å². The van der Waals surface area contributed by atoms with Crippen LogP contribution in [-0.4, -0.2) is 22.6 Å². The molecule has 0 radical (unpaired) electrons. The second-order valence-electron chi connectivity index (χ2n) is 5.89. The van der Waals surface area contributed by atoms with Crippen LogP contribution in [0.5, 0.6) is 0 Å². The summed E-state index contributed by atoms with van der Waals surface area (Å²) in [5.74, 6) is 0.760. The van der Waals surface area contributed by atoms with Gasteiger partial charge in [0.05, 0.1) is 12.0 Å². The molecule has 1 N–H and O–H groups in total. The van der Waals surface area contributed by atoms with Crippen LogP contribution in [0.2, 0.25) is 0 Å². The SMILES string of the molecule is CC.CC.Cn1cnc(-c2ccccc2)c1.c1ccc(C2CCNC2)cc1. The molecule has 3 aromatic rings. The molecule has 0 aliphatic carbocycles. The molecule has 0 amide bonds. The van der Waals surface area contributed by atoms with E-state index in [1.54, 1.807) is 0 Å². The number of hydrogen-bond acceptors (Lipinski definition) is 2. The average molecular weight is 366 g/mol. The van der Waals surface area contributed by atoms with Gasteiger partial charge in [0, 0.05) is 25.4 Å². The van der Waals surface area contributed by atoms with E-state index in [-0.39, 0.29) is 0 Å². The zero-order valence-electron chi connectivity index (χ0n) is 17.5. The summed E-state index contributed by atoms with van der Waals surface area (Å²) in [7, 11) is 1.97. The highest BCUT2D eigenvalue weighted by Crippen LogP contribution is 2.21. The largest absolute Gasteiger partial charge is 0.340 e. The van der Waals surface area contributed by atoms with E-state index in [0.717, 1.165) is 23.7 Å². The molecule has 1 aliphatic heterocycles. The second kappa shape index (κ2) is 13.8. The van der Waals surface area contributed by atoms with Gasteiger partial charge in [-0.05, 0) is 24.4 Å². The van der Waals surface area contributed by atoms with Gasteiger partial charge in [-0.3, -0.25) is 0 Å². The zero-order chi connectivity index (χ0) is 19.9. The van der Waals surface area contributed by atoms with Gasteiger partial charge in [-0.2, -0.15) is 0 Å². The molecule has 1 unspecified atom stereocenters. The van der Waals surface area contributed by atoms with Crippen LogP contribution in [0.3, 0.4) is 0 Å². The summed E-state index contributed by atoms with van der Waals surface area (Å²) in [5, 5.41) is 3.37. The smallest absolute Gasteiger partial charge is 0.0951 e. The molecule has 2 aromatic carbocycles. The summed E-state index contributed by atoms with van der Waals surface area (Å²) in [6, 6.07) is 20.9. The predicted molar refractivity (Wildman–Crippen MR) is 118 cm³/mol. The summed E-state index contributed by atoms with van der Waals surface area (Å²) < 4.78 is 1.95. The van der Waals surface area contributed by atoms with Gasteiger partial charge in [-0.25, -0.2) is 4.98 Å². The lowest BCUT2D eigenvalue weighted by atomic mass is 9.99. The lowest BCUT2D eigenvalue weighted by molar-refractivity contribution is 0.763. The first-order valence-corrected chi connectivity index (χ1v) is 10.1. The first kappa shape index (κ1) is 22.7. The van der Waals surface area contributed by atoms with Gasteiger partial charge in [0.2, 0.25) is 0 Å². The van der Waals surface area contributed by atoms with Crippen molar-refractivity contribution in [1.82, 2.24) is 14.9 Å². The molecule has 1 atom stereocenters. The van der Waals surface area contributed by atoms with Gasteiger partial charge in [0.15, 0.2) is 0 Å². The number of nitrogens with one attached hydrogen (secondary N) is 1. The minimum Gasteiger partial charge on any atom is -0.340 e. The predicted octanol–water partition coefficient (Wildman–Crippen LogP) is 5.90. The molecule has 0 spiro atoms. The Labute approximate surface area is 165 Å². The Balaban J connectivity index is 0.000000229. The number of aryl methyl sites for hydroxylation is 1. The molecule has 3 heteroatoms. The lowest BCUT2D eigenvalue weighted by Crippen LogP contribution is -2.07. The Morgan fingerprint density at radius 3 is 1.96 bits per heavy atom. The molecular formula is C24H35N3. The molecule has 1 aliphatic rings. The van der Waals surface area contributed by atoms with Crippen molar-refractivity contribution in [3.8, 4) is 11.3 Å². The van der Waals surface area contributed by atoms with E-state index in [9.17, 15) is 0 Å². The van der Waals surface area contributed by atoms with Gasteiger partial charge >= 0.3 is 0 Å². The Morgan fingerprint density at radius 1 is 0.889 bits per heavy atom. The van der Waals surface area contributed by atoms with Gasteiger partial charge in [0.25, 0.3) is 0 Å². The summed E-state index contributed by atoms with van der Waals surface area (Å²) in [5.41, 5.74) is 3.67. The molecule has 4 rings (SSSR count). The second-order valence-corrected chi connectivity index (χ2v) is 5.89. The monoisotopic (exact) mass is 365 g/mol. The number of imidazole rings is 1. The number of rotatable bonds is 2. The topological polar surface area (TPSA) is 29.9 Å². The van der Waals surface area contributed by atoms with Crippen LogP contribution in [0.4, 0.5) is 0 Å². The Hall–Kier alpha value is -2.39. The van der Waals surface area contributed by atoms with E-state index in [2.05, 4.69) is 52.8 Å². The maximum atomic E-state index is 4.25. The van der Waals surface area contributed by atoms with Crippen molar-refractivity contribution in [2.45, 2.75) is 40.0 Å². The van der Waals surface area contributed by atoms with E-state index < -0.39 is 0 Å². The summed E-state index contributed by atoms with van der Waals surface area (Å²) >= 11 is 0. The Bertz CT molecular complexity index is 699. The van der Waals surface area contributed by atoms with Gasteiger partial charge in [-0.15, -0.1) is 0 Å². The number of hydrogen-bond donors (Lipinski definition) is 1. The third-order valence-corrected chi connectivity index (χ3v) is 4.11. The summed E-state index contributed by atoms with van der Waals surface area (Å²) in [4.78, 5) is 4.25. The third-order valence-electron chi connectivity index (χ3n) is 4.11. The fraction of sp³-hybridized carbons (Fsp3) is 0.375.